The van der Waals surface area contributed by atoms with Gasteiger partial charge in [-0.3, -0.25) is 0 Å². The van der Waals surface area contributed by atoms with Crippen LogP contribution in [0.25, 0.3) is 0 Å². The monoisotopic (exact) mass is 305 g/mol. The molecule has 0 spiro atoms. The molecule has 4 nitrogen and oxygen atoms in total. The number of halogens is 1. The molecule has 0 atom stereocenters. The Kier molecular flexibility index (Phi) is 7.38. The van der Waals surface area contributed by atoms with Crippen LogP contribution in [0, 0.1) is 0 Å². The van der Waals surface area contributed by atoms with E-state index in [1.807, 2.05) is 31.2 Å². The SMILES string of the molecule is CCOCc1ccccc1CNS(=O)(=O)CCCCl. The van der Waals surface area contributed by atoms with Crippen LogP contribution < -0.4 is 4.72 Å². The first-order valence-corrected chi connectivity index (χ1v) is 8.45. The molecule has 0 aliphatic carbocycles. The fraction of sp³-hybridized carbons (Fsp3) is 0.538. The van der Waals surface area contributed by atoms with Gasteiger partial charge in [-0.25, -0.2) is 13.1 Å². The molecule has 1 aromatic carbocycles. The van der Waals surface area contributed by atoms with Crippen LogP contribution in [-0.2, 0) is 27.9 Å². The van der Waals surface area contributed by atoms with Gasteiger partial charge in [0.05, 0.1) is 12.4 Å². The molecule has 0 saturated heterocycles. The van der Waals surface area contributed by atoms with E-state index in [0.29, 0.717) is 25.5 Å². The maximum absolute atomic E-state index is 11.7. The highest BCUT2D eigenvalue weighted by Crippen LogP contribution is 2.10. The topological polar surface area (TPSA) is 55.4 Å². The van der Waals surface area contributed by atoms with Crippen molar-refractivity contribution in [2.45, 2.75) is 26.5 Å². The lowest BCUT2D eigenvalue weighted by Crippen LogP contribution is -2.26. The summed E-state index contributed by atoms with van der Waals surface area (Å²) in [6, 6.07) is 7.65. The number of alkyl halides is 1. The molecular formula is C13H20ClNO3S. The van der Waals surface area contributed by atoms with Gasteiger partial charge < -0.3 is 4.74 Å². The Morgan fingerprint density at radius 1 is 1.26 bits per heavy atom. The molecule has 0 aromatic heterocycles. The van der Waals surface area contributed by atoms with Gasteiger partial charge in [-0.15, -0.1) is 11.6 Å². The third kappa shape index (κ3) is 6.38. The third-order valence-corrected chi connectivity index (χ3v) is 4.29. The molecule has 108 valence electrons. The van der Waals surface area contributed by atoms with E-state index in [2.05, 4.69) is 4.72 Å². The number of hydrogen-bond donors (Lipinski definition) is 1. The molecule has 0 fully saturated rings. The van der Waals surface area contributed by atoms with E-state index in [4.69, 9.17) is 16.3 Å². The van der Waals surface area contributed by atoms with E-state index in [0.717, 1.165) is 11.1 Å². The average molecular weight is 306 g/mol. The number of hydrogen-bond acceptors (Lipinski definition) is 3. The molecule has 0 saturated carbocycles. The first-order chi connectivity index (χ1) is 9.09. The van der Waals surface area contributed by atoms with E-state index in [1.165, 1.54) is 0 Å². The van der Waals surface area contributed by atoms with Crippen LogP contribution in [0.15, 0.2) is 24.3 Å². The van der Waals surface area contributed by atoms with Crippen LogP contribution >= 0.6 is 11.6 Å². The van der Waals surface area contributed by atoms with Crippen LogP contribution in [0.5, 0.6) is 0 Å². The lowest BCUT2D eigenvalue weighted by atomic mass is 10.1. The normalized spacial score (nSPS) is 11.7. The van der Waals surface area contributed by atoms with E-state index in [-0.39, 0.29) is 12.3 Å². The highest BCUT2D eigenvalue weighted by atomic mass is 35.5. The van der Waals surface area contributed by atoms with Crippen molar-refractivity contribution in [1.29, 1.82) is 0 Å². The quantitative estimate of drug-likeness (QED) is 0.712. The Hall–Kier alpha value is -0.620. The Morgan fingerprint density at radius 3 is 2.58 bits per heavy atom. The first kappa shape index (κ1) is 16.4. The summed E-state index contributed by atoms with van der Waals surface area (Å²) >= 11 is 5.50. The number of ether oxygens (including phenoxy) is 1. The van der Waals surface area contributed by atoms with Crippen molar-refractivity contribution in [2.24, 2.45) is 0 Å². The van der Waals surface area contributed by atoms with Crippen LogP contribution in [0.3, 0.4) is 0 Å². The molecule has 0 aliphatic heterocycles. The second-order valence-electron chi connectivity index (χ2n) is 4.09. The van der Waals surface area contributed by atoms with Gasteiger partial charge >= 0.3 is 0 Å². The van der Waals surface area contributed by atoms with Gasteiger partial charge in [0.25, 0.3) is 0 Å². The van der Waals surface area contributed by atoms with Crippen molar-refractivity contribution in [3.63, 3.8) is 0 Å². The van der Waals surface area contributed by atoms with Gasteiger partial charge in [-0.2, -0.15) is 0 Å². The molecule has 1 rings (SSSR count). The predicted molar refractivity (Wildman–Crippen MR) is 77.7 cm³/mol. The minimum absolute atomic E-state index is 0.0596. The van der Waals surface area contributed by atoms with Gasteiger partial charge in [-0.1, -0.05) is 24.3 Å². The summed E-state index contributed by atoms with van der Waals surface area (Å²) in [5.74, 6) is 0.409. The summed E-state index contributed by atoms with van der Waals surface area (Å²) in [5.41, 5.74) is 1.94. The average Bonchev–Trinajstić information content (AvgIpc) is 2.41. The van der Waals surface area contributed by atoms with Crippen LogP contribution in [0.1, 0.15) is 24.5 Å². The van der Waals surface area contributed by atoms with E-state index in [1.54, 1.807) is 0 Å². The summed E-state index contributed by atoms with van der Waals surface area (Å²) in [6.07, 6.45) is 0.456. The molecule has 6 heteroatoms. The van der Waals surface area contributed by atoms with Gasteiger partial charge in [0, 0.05) is 19.0 Å². The Balaban J connectivity index is 2.61. The van der Waals surface area contributed by atoms with E-state index >= 15 is 0 Å². The van der Waals surface area contributed by atoms with Gasteiger partial charge in [0.15, 0.2) is 0 Å². The highest BCUT2D eigenvalue weighted by molar-refractivity contribution is 7.89. The fourth-order valence-corrected chi connectivity index (χ4v) is 2.92. The maximum Gasteiger partial charge on any atom is 0.211 e. The van der Waals surface area contributed by atoms with Gasteiger partial charge in [-0.05, 0) is 24.5 Å². The molecule has 0 bridgehead atoms. The molecule has 1 aromatic rings. The third-order valence-electron chi connectivity index (χ3n) is 2.61. The minimum atomic E-state index is -3.25. The number of sulfonamides is 1. The first-order valence-electron chi connectivity index (χ1n) is 6.27. The van der Waals surface area contributed by atoms with Crippen molar-refractivity contribution in [1.82, 2.24) is 4.72 Å². The maximum atomic E-state index is 11.7. The largest absolute Gasteiger partial charge is 0.377 e. The zero-order chi connectivity index (χ0) is 14.1. The molecule has 0 aliphatic rings. The number of benzene rings is 1. The van der Waals surface area contributed by atoms with Crippen molar-refractivity contribution in [3.8, 4) is 0 Å². The Labute approximate surface area is 120 Å². The van der Waals surface area contributed by atoms with Gasteiger partial charge in [0.1, 0.15) is 0 Å². The lowest BCUT2D eigenvalue weighted by Gasteiger charge is -2.11. The lowest BCUT2D eigenvalue weighted by molar-refractivity contribution is 0.133. The molecule has 0 unspecified atom stereocenters. The molecule has 0 radical (unpaired) electrons. The van der Waals surface area contributed by atoms with Crippen molar-refractivity contribution in [3.05, 3.63) is 35.4 Å². The summed E-state index contributed by atoms with van der Waals surface area (Å²) in [7, 11) is -3.25. The molecule has 19 heavy (non-hydrogen) atoms. The van der Waals surface area contributed by atoms with Crippen molar-refractivity contribution >= 4 is 21.6 Å². The Morgan fingerprint density at radius 2 is 1.95 bits per heavy atom. The highest BCUT2D eigenvalue weighted by Gasteiger charge is 2.10. The second kappa shape index (κ2) is 8.53. The summed E-state index contributed by atoms with van der Waals surface area (Å²) in [4.78, 5) is 0. The Bertz CT molecular complexity index is 477. The predicted octanol–water partition coefficient (Wildman–Crippen LogP) is 2.27. The molecule has 1 N–H and O–H groups in total. The van der Waals surface area contributed by atoms with Crippen LogP contribution in [0.2, 0.25) is 0 Å². The molecule has 0 heterocycles. The summed E-state index contributed by atoms with van der Waals surface area (Å²) < 4.78 is 31.3. The van der Waals surface area contributed by atoms with Crippen LogP contribution in [0.4, 0.5) is 0 Å². The van der Waals surface area contributed by atoms with Crippen molar-refractivity contribution < 1.29 is 13.2 Å². The fourth-order valence-electron chi connectivity index (χ4n) is 1.59. The van der Waals surface area contributed by atoms with Gasteiger partial charge in [0.2, 0.25) is 10.0 Å². The molecule has 0 amide bonds. The molecular weight excluding hydrogens is 286 g/mol. The van der Waals surface area contributed by atoms with Crippen LogP contribution in [-0.4, -0.2) is 26.7 Å². The number of nitrogens with one attached hydrogen (secondary N) is 1. The smallest absolute Gasteiger partial charge is 0.211 e. The number of rotatable bonds is 9. The summed E-state index contributed by atoms with van der Waals surface area (Å²) in [6.45, 7) is 3.34. The summed E-state index contributed by atoms with van der Waals surface area (Å²) in [5, 5.41) is 0. The minimum Gasteiger partial charge on any atom is -0.377 e. The second-order valence-corrected chi connectivity index (χ2v) is 6.39. The zero-order valence-corrected chi connectivity index (χ0v) is 12.6. The standard InChI is InChI=1S/C13H20ClNO3S/c1-2-18-11-13-7-4-3-6-12(13)10-15-19(16,17)9-5-8-14/h3-4,6-7,15H,2,5,8-11H2,1H3. The zero-order valence-electron chi connectivity index (χ0n) is 11.1. The van der Waals surface area contributed by atoms with E-state index in [9.17, 15) is 8.42 Å². The van der Waals surface area contributed by atoms with E-state index < -0.39 is 10.0 Å². The van der Waals surface area contributed by atoms with Crippen molar-refractivity contribution in [2.75, 3.05) is 18.2 Å².